The van der Waals surface area contributed by atoms with Gasteiger partial charge in [0.2, 0.25) is 11.8 Å². The van der Waals surface area contributed by atoms with Crippen molar-refractivity contribution in [1.82, 2.24) is 10.3 Å². The van der Waals surface area contributed by atoms with E-state index < -0.39 is 0 Å². The summed E-state index contributed by atoms with van der Waals surface area (Å²) in [7, 11) is 0. The smallest absolute Gasteiger partial charge is 0.242 e. The number of nitrogens with two attached hydrogens (primary N) is 1. The summed E-state index contributed by atoms with van der Waals surface area (Å²) in [5, 5.41) is 5.96. The topological polar surface area (TPSA) is 89.3 Å². The molecule has 1 fully saturated rings. The first kappa shape index (κ1) is 14.4. The Morgan fingerprint density at radius 1 is 1.55 bits per heavy atom. The van der Waals surface area contributed by atoms with Gasteiger partial charge in [-0.25, -0.2) is 0 Å². The Balaban J connectivity index is 2.04. The molecule has 0 radical (unpaired) electrons. The Kier molecular flexibility index (Phi) is 4.65. The lowest BCUT2D eigenvalue weighted by molar-refractivity contribution is -0.123. The first-order valence-electron chi connectivity index (χ1n) is 7.00. The summed E-state index contributed by atoms with van der Waals surface area (Å²) in [6.07, 6.45) is 1.77. The maximum absolute atomic E-state index is 11.7. The minimum absolute atomic E-state index is 0.0134. The monoisotopic (exact) mass is 278 g/mol. The zero-order chi connectivity index (χ0) is 14.5. The highest BCUT2D eigenvalue weighted by molar-refractivity contribution is 5.85. The van der Waals surface area contributed by atoms with Crippen LogP contribution in [0, 0.1) is 5.92 Å². The Hall–Kier alpha value is -1.98. The molecule has 1 aromatic heterocycles. The summed E-state index contributed by atoms with van der Waals surface area (Å²) in [5.41, 5.74) is 6.35. The van der Waals surface area contributed by atoms with Crippen molar-refractivity contribution >= 4 is 17.4 Å². The maximum Gasteiger partial charge on any atom is 0.242 e. The van der Waals surface area contributed by atoms with Crippen molar-refractivity contribution in [2.75, 3.05) is 24.2 Å². The molecular weight excluding hydrogens is 256 g/mol. The third-order valence-electron chi connectivity index (χ3n) is 3.05. The van der Waals surface area contributed by atoms with Crippen LogP contribution in [0.4, 0.5) is 11.5 Å². The minimum atomic E-state index is -0.238. The number of rotatable bonds is 5. The predicted molar refractivity (Wildman–Crippen MR) is 78.6 cm³/mol. The lowest BCUT2D eigenvalue weighted by atomic mass is 10.1. The van der Waals surface area contributed by atoms with E-state index in [1.54, 1.807) is 12.1 Å². The van der Waals surface area contributed by atoms with Crippen LogP contribution in [0.2, 0.25) is 0 Å². The standard InChI is InChI=1S/C14H22N4O2/c1-9(2)8-20-14-10(15)5-6-12(18-14)17-11-4-3-7-16-13(11)19/h5-6,9,11H,3-4,7-8,15H2,1-2H3,(H,16,19)(H,17,18). The Bertz CT molecular complexity index is 476. The summed E-state index contributed by atoms with van der Waals surface area (Å²) in [4.78, 5) is 16.0. The molecule has 1 aromatic rings. The number of aromatic nitrogens is 1. The van der Waals surface area contributed by atoms with Crippen LogP contribution in [0.25, 0.3) is 0 Å². The van der Waals surface area contributed by atoms with Gasteiger partial charge in [0, 0.05) is 6.54 Å². The quantitative estimate of drug-likeness (QED) is 0.757. The number of hydrogen-bond donors (Lipinski definition) is 3. The number of anilines is 2. The van der Waals surface area contributed by atoms with Gasteiger partial charge < -0.3 is 21.1 Å². The average Bonchev–Trinajstić information content (AvgIpc) is 2.42. The van der Waals surface area contributed by atoms with Gasteiger partial charge in [0.05, 0.1) is 12.3 Å². The van der Waals surface area contributed by atoms with Crippen LogP contribution in [0.3, 0.4) is 0 Å². The molecule has 0 aromatic carbocycles. The van der Waals surface area contributed by atoms with Crippen molar-refractivity contribution in [2.24, 2.45) is 5.92 Å². The van der Waals surface area contributed by atoms with E-state index in [9.17, 15) is 4.79 Å². The second-order valence-electron chi connectivity index (χ2n) is 5.43. The molecule has 0 saturated carbocycles. The maximum atomic E-state index is 11.7. The number of nitrogens with zero attached hydrogens (tertiary/aromatic N) is 1. The number of piperidine rings is 1. The van der Waals surface area contributed by atoms with Crippen molar-refractivity contribution in [3.05, 3.63) is 12.1 Å². The zero-order valence-corrected chi connectivity index (χ0v) is 12.0. The summed E-state index contributed by atoms with van der Waals surface area (Å²) in [6.45, 7) is 5.43. The molecule has 2 heterocycles. The molecular formula is C14H22N4O2. The Labute approximate surface area is 119 Å². The summed E-state index contributed by atoms with van der Waals surface area (Å²) in [6, 6.07) is 3.27. The lowest BCUT2D eigenvalue weighted by Gasteiger charge is -2.23. The van der Waals surface area contributed by atoms with Crippen molar-refractivity contribution < 1.29 is 9.53 Å². The van der Waals surface area contributed by atoms with Gasteiger partial charge in [0.25, 0.3) is 0 Å². The van der Waals surface area contributed by atoms with E-state index in [4.69, 9.17) is 10.5 Å². The van der Waals surface area contributed by atoms with Crippen LogP contribution in [0.15, 0.2) is 12.1 Å². The van der Waals surface area contributed by atoms with E-state index in [2.05, 4.69) is 29.5 Å². The summed E-state index contributed by atoms with van der Waals surface area (Å²) >= 11 is 0. The number of ether oxygens (including phenoxy) is 1. The molecule has 0 spiro atoms. The molecule has 0 bridgehead atoms. The van der Waals surface area contributed by atoms with Crippen LogP contribution in [0.5, 0.6) is 5.88 Å². The van der Waals surface area contributed by atoms with Gasteiger partial charge >= 0.3 is 0 Å². The molecule has 2 rings (SSSR count). The predicted octanol–water partition coefficient (Wildman–Crippen LogP) is 1.39. The number of carbonyl (C=O) groups excluding carboxylic acids is 1. The lowest BCUT2D eigenvalue weighted by Crippen LogP contribution is -2.44. The van der Waals surface area contributed by atoms with Gasteiger partial charge in [0.1, 0.15) is 11.9 Å². The first-order valence-corrected chi connectivity index (χ1v) is 7.00. The first-order chi connectivity index (χ1) is 9.56. The van der Waals surface area contributed by atoms with E-state index in [-0.39, 0.29) is 11.9 Å². The van der Waals surface area contributed by atoms with Gasteiger partial charge in [-0.2, -0.15) is 4.98 Å². The van der Waals surface area contributed by atoms with Gasteiger partial charge in [-0.3, -0.25) is 4.79 Å². The molecule has 1 amide bonds. The molecule has 1 saturated heterocycles. The molecule has 1 aliphatic rings. The zero-order valence-electron chi connectivity index (χ0n) is 12.0. The van der Waals surface area contributed by atoms with Crippen molar-refractivity contribution in [1.29, 1.82) is 0 Å². The minimum Gasteiger partial charge on any atom is -0.476 e. The number of hydrogen-bond acceptors (Lipinski definition) is 5. The summed E-state index contributed by atoms with van der Waals surface area (Å²) < 4.78 is 5.58. The van der Waals surface area contributed by atoms with Crippen molar-refractivity contribution in [3.8, 4) is 5.88 Å². The molecule has 1 atom stereocenters. The van der Waals surface area contributed by atoms with Gasteiger partial charge in [-0.1, -0.05) is 13.8 Å². The van der Waals surface area contributed by atoms with Gasteiger partial charge in [-0.15, -0.1) is 0 Å². The number of amides is 1. The van der Waals surface area contributed by atoms with Crippen LogP contribution in [-0.4, -0.2) is 30.1 Å². The number of pyridine rings is 1. The third kappa shape index (κ3) is 3.76. The highest BCUT2D eigenvalue weighted by Crippen LogP contribution is 2.22. The van der Waals surface area contributed by atoms with E-state index in [1.165, 1.54) is 0 Å². The van der Waals surface area contributed by atoms with Crippen LogP contribution in [0.1, 0.15) is 26.7 Å². The van der Waals surface area contributed by atoms with E-state index >= 15 is 0 Å². The summed E-state index contributed by atoms with van der Waals surface area (Å²) in [5.74, 6) is 1.44. The normalized spacial score (nSPS) is 18.8. The fraction of sp³-hybridized carbons (Fsp3) is 0.571. The number of nitrogens with one attached hydrogen (secondary N) is 2. The molecule has 1 aliphatic heterocycles. The molecule has 110 valence electrons. The fourth-order valence-electron chi connectivity index (χ4n) is 1.98. The van der Waals surface area contributed by atoms with Gasteiger partial charge in [0.15, 0.2) is 0 Å². The third-order valence-corrected chi connectivity index (χ3v) is 3.05. The molecule has 1 unspecified atom stereocenters. The highest BCUT2D eigenvalue weighted by Gasteiger charge is 2.22. The Morgan fingerprint density at radius 2 is 2.35 bits per heavy atom. The molecule has 6 nitrogen and oxygen atoms in total. The molecule has 0 aliphatic carbocycles. The second-order valence-corrected chi connectivity index (χ2v) is 5.43. The largest absolute Gasteiger partial charge is 0.476 e. The molecule has 4 N–H and O–H groups in total. The number of carbonyl (C=O) groups is 1. The Morgan fingerprint density at radius 3 is 3.05 bits per heavy atom. The van der Waals surface area contributed by atoms with Crippen molar-refractivity contribution in [2.45, 2.75) is 32.7 Å². The average molecular weight is 278 g/mol. The van der Waals surface area contributed by atoms with Gasteiger partial charge in [-0.05, 0) is 30.9 Å². The fourth-order valence-corrected chi connectivity index (χ4v) is 1.98. The van der Waals surface area contributed by atoms with E-state index in [0.29, 0.717) is 29.9 Å². The highest BCUT2D eigenvalue weighted by atomic mass is 16.5. The van der Waals surface area contributed by atoms with Crippen LogP contribution in [-0.2, 0) is 4.79 Å². The number of nitrogen functional groups attached to an aromatic ring is 1. The molecule has 20 heavy (non-hydrogen) atoms. The SMILES string of the molecule is CC(C)COc1nc(NC2CCCNC2=O)ccc1N. The second kappa shape index (κ2) is 6.45. The molecule has 6 heteroatoms. The van der Waals surface area contributed by atoms with E-state index in [1.807, 2.05) is 0 Å². The van der Waals surface area contributed by atoms with Crippen LogP contribution >= 0.6 is 0 Å². The van der Waals surface area contributed by atoms with Crippen LogP contribution < -0.4 is 21.1 Å². The van der Waals surface area contributed by atoms with Crippen molar-refractivity contribution in [3.63, 3.8) is 0 Å². The van der Waals surface area contributed by atoms with E-state index in [0.717, 1.165) is 19.4 Å².